The Bertz CT molecular complexity index is 588. The molecule has 0 fully saturated rings. The Kier molecular flexibility index (Phi) is 3.01. The zero-order valence-electron chi connectivity index (χ0n) is 9.98. The SMILES string of the molecule is Cc1ccc(C)n1Nc1c(F)cccc1[N+](=O)[O-]. The van der Waals surface area contributed by atoms with Gasteiger partial charge in [-0.1, -0.05) is 6.07 Å². The minimum Gasteiger partial charge on any atom is -0.285 e. The highest BCUT2D eigenvalue weighted by atomic mass is 19.1. The van der Waals surface area contributed by atoms with E-state index in [1.807, 2.05) is 26.0 Å². The van der Waals surface area contributed by atoms with Crippen molar-refractivity contribution in [1.82, 2.24) is 4.68 Å². The number of halogens is 1. The molecule has 1 aromatic carbocycles. The number of nitro benzene ring substituents is 1. The molecule has 0 aliphatic rings. The lowest BCUT2D eigenvalue weighted by atomic mass is 10.2. The third-order valence-electron chi connectivity index (χ3n) is 2.68. The lowest BCUT2D eigenvalue weighted by molar-refractivity contribution is -0.384. The van der Waals surface area contributed by atoms with Gasteiger partial charge < -0.3 is 0 Å². The van der Waals surface area contributed by atoms with Gasteiger partial charge in [0.1, 0.15) is 0 Å². The van der Waals surface area contributed by atoms with E-state index >= 15 is 0 Å². The van der Waals surface area contributed by atoms with Crippen LogP contribution < -0.4 is 5.43 Å². The van der Waals surface area contributed by atoms with E-state index in [0.29, 0.717) is 0 Å². The highest BCUT2D eigenvalue weighted by Crippen LogP contribution is 2.27. The molecule has 0 saturated heterocycles. The molecule has 6 heteroatoms. The van der Waals surface area contributed by atoms with Crippen molar-refractivity contribution in [3.05, 3.63) is 57.7 Å². The first-order valence-electron chi connectivity index (χ1n) is 5.35. The molecule has 5 nitrogen and oxygen atoms in total. The van der Waals surface area contributed by atoms with E-state index < -0.39 is 10.7 Å². The average Bonchev–Trinajstić information content (AvgIpc) is 2.62. The van der Waals surface area contributed by atoms with E-state index in [-0.39, 0.29) is 11.4 Å². The van der Waals surface area contributed by atoms with Gasteiger partial charge in [0, 0.05) is 17.5 Å². The molecule has 1 N–H and O–H groups in total. The highest BCUT2D eigenvalue weighted by Gasteiger charge is 2.18. The average molecular weight is 249 g/mol. The van der Waals surface area contributed by atoms with Gasteiger partial charge in [-0.15, -0.1) is 0 Å². The number of hydrogen-bond donors (Lipinski definition) is 1. The largest absolute Gasteiger partial charge is 0.297 e. The lowest BCUT2D eigenvalue weighted by Crippen LogP contribution is -2.14. The van der Waals surface area contributed by atoms with Crippen molar-refractivity contribution in [3.63, 3.8) is 0 Å². The predicted octanol–water partition coefficient (Wildman–Crippen LogP) is 3.03. The molecule has 2 aromatic rings. The topological polar surface area (TPSA) is 60.1 Å². The van der Waals surface area contributed by atoms with E-state index in [2.05, 4.69) is 5.43 Å². The predicted molar refractivity (Wildman–Crippen MR) is 66.0 cm³/mol. The first-order valence-corrected chi connectivity index (χ1v) is 5.35. The standard InChI is InChI=1S/C12H12FN3O2/c1-8-6-7-9(2)15(8)14-12-10(13)4-3-5-11(12)16(17)18/h3-7,14H,1-2H3. The molecular formula is C12H12FN3O2. The van der Waals surface area contributed by atoms with Crippen LogP contribution in [0, 0.1) is 29.8 Å². The molecule has 0 bridgehead atoms. The Balaban J connectivity index is 2.49. The van der Waals surface area contributed by atoms with E-state index in [9.17, 15) is 14.5 Å². The summed E-state index contributed by atoms with van der Waals surface area (Å²) in [4.78, 5) is 10.3. The number of aryl methyl sites for hydroxylation is 2. The van der Waals surface area contributed by atoms with Crippen LogP contribution in [0.3, 0.4) is 0 Å². The number of benzene rings is 1. The normalized spacial score (nSPS) is 10.4. The molecule has 0 saturated carbocycles. The van der Waals surface area contributed by atoms with Crippen LogP contribution in [0.5, 0.6) is 0 Å². The molecule has 94 valence electrons. The number of hydrogen-bond acceptors (Lipinski definition) is 3. The summed E-state index contributed by atoms with van der Waals surface area (Å²) in [7, 11) is 0. The summed E-state index contributed by atoms with van der Waals surface area (Å²) in [6.07, 6.45) is 0. The molecule has 1 aromatic heterocycles. The summed E-state index contributed by atoms with van der Waals surface area (Å²) in [6, 6.07) is 7.45. The van der Waals surface area contributed by atoms with Crippen molar-refractivity contribution in [2.75, 3.05) is 5.43 Å². The third kappa shape index (κ3) is 2.04. The van der Waals surface area contributed by atoms with Crippen molar-refractivity contribution in [1.29, 1.82) is 0 Å². The van der Waals surface area contributed by atoms with Crippen molar-refractivity contribution in [3.8, 4) is 0 Å². The number of aromatic nitrogens is 1. The van der Waals surface area contributed by atoms with Gasteiger partial charge in [-0.2, -0.15) is 0 Å². The summed E-state index contributed by atoms with van der Waals surface area (Å²) in [5.41, 5.74) is 3.99. The monoisotopic (exact) mass is 249 g/mol. The maximum Gasteiger partial charge on any atom is 0.297 e. The van der Waals surface area contributed by atoms with Crippen LogP contribution >= 0.6 is 0 Å². The highest BCUT2D eigenvalue weighted by molar-refractivity contribution is 5.62. The molecule has 2 rings (SSSR count). The second-order valence-electron chi connectivity index (χ2n) is 3.95. The van der Waals surface area contributed by atoms with Crippen LogP contribution in [0.25, 0.3) is 0 Å². The van der Waals surface area contributed by atoms with E-state index in [4.69, 9.17) is 0 Å². The van der Waals surface area contributed by atoms with Crippen molar-refractivity contribution in [2.45, 2.75) is 13.8 Å². The maximum atomic E-state index is 13.7. The first-order chi connectivity index (χ1) is 8.50. The molecule has 0 amide bonds. The Morgan fingerprint density at radius 3 is 2.39 bits per heavy atom. The van der Waals surface area contributed by atoms with Crippen LogP contribution in [0.1, 0.15) is 11.4 Å². The molecular weight excluding hydrogens is 237 g/mol. The lowest BCUT2D eigenvalue weighted by Gasteiger charge is -2.13. The quantitative estimate of drug-likeness (QED) is 0.671. The summed E-state index contributed by atoms with van der Waals surface area (Å²) in [5.74, 6) is -0.656. The molecule has 0 atom stereocenters. The molecule has 0 spiro atoms. The molecule has 0 aliphatic heterocycles. The van der Waals surface area contributed by atoms with Gasteiger partial charge in [-0.25, -0.2) is 4.39 Å². The molecule has 1 heterocycles. The minimum absolute atomic E-state index is 0.134. The van der Waals surface area contributed by atoms with Gasteiger partial charge in [0.2, 0.25) is 0 Å². The number of nitrogens with zero attached hydrogens (tertiary/aromatic N) is 2. The molecule has 0 aliphatic carbocycles. The summed E-state index contributed by atoms with van der Waals surface area (Å²) < 4.78 is 15.3. The van der Waals surface area contributed by atoms with Crippen molar-refractivity contribution >= 4 is 11.4 Å². The first kappa shape index (κ1) is 12.1. The zero-order valence-corrected chi connectivity index (χ0v) is 9.98. The fourth-order valence-electron chi connectivity index (χ4n) is 1.73. The maximum absolute atomic E-state index is 13.7. The molecule has 0 radical (unpaired) electrons. The van der Waals surface area contributed by atoms with Gasteiger partial charge in [-0.05, 0) is 32.0 Å². The fraction of sp³-hybridized carbons (Fsp3) is 0.167. The van der Waals surface area contributed by atoms with Gasteiger partial charge >= 0.3 is 0 Å². The van der Waals surface area contributed by atoms with Crippen molar-refractivity contribution < 1.29 is 9.31 Å². The number of rotatable bonds is 3. The van der Waals surface area contributed by atoms with Crippen LogP contribution in [-0.4, -0.2) is 9.60 Å². The van der Waals surface area contributed by atoms with Crippen molar-refractivity contribution in [2.24, 2.45) is 0 Å². The van der Waals surface area contributed by atoms with Gasteiger partial charge in [0.15, 0.2) is 11.5 Å². The van der Waals surface area contributed by atoms with Crippen LogP contribution in [0.15, 0.2) is 30.3 Å². The van der Waals surface area contributed by atoms with Gasteiger partial charge in [-0.3, -0.25) is 20.2 Å². The Labute approximate surface area is 103 Å². The van der Waals surface area contributed by atoms with Gasteiger partial charge in [0.25, 0.3) is 5.69 Å². The van der Waals surface area contributed by atoms with Crippen LogP contribution in [0.4, 0.5) is 15.8 Å². The number of anilines is 1. The van der Waals surface area contributed by atoms with Crippen LogP contribution in [-0.2, 0) is 0 Å². The summed E-state index contributed by atoms with van der Waals surface area (Å²) in [6.45, 7) is 3.65. The summed E-state index contributed by atoms with van der Waals surface area (Å²) in [5, 5.41) is 10.9. The second-order valence-corrected chi connectivity index (χ2v) is 3.95. The third-order valence-corrected chi connectivity index (χ3v) is 2.68. The zero-order chi connectivity index (χ0) is 13.3. The minimum atomic E-state index is -0.656. The second kappa shape index (κ2) is 4.48. The Morgan fingerprint density at radius 2 is 1.83 bits per heavy atom. The molecule has 18 heavy (non-hydrogen) atoms. The van der Waals surface area contributed by atoms with Crippen LogP contribution in [0.2, 0.25) is 0 Å². The smallest absolute Gasteiger partial charge is 0.285 e. The van der Waals surface area contributed by atoms with Gasteiger partial charge in [0.05, 0.1) is 4.92 Å². The fourth-order valence-corrected chi connectivity index (χ4v) is 1.73. The molecule has 0 unspecified atom stereocenters. The van der Waals surface area contributed by atoms with E-state index in [1.54, 1.807) is 4.68 Å². The van der Waals surface area contributed by atoms with E-state index in [0.717, 1.165) is 11.4 Å². The number of para-hydroxylation sites is 1. The Morgan fingerprint density at radius 1 is 1.22 bits per heavy atom. The van der Waals surface area contributed by atoms with E-state index in [1.165, 1.54) is 18.2 Å². The Hall–Kier alpha value is -2.37. The summed E-state index contributed by atoms with van der Waals surface area (Å²) >= 11 is 0. The number of nitrogens with one attached hydrogen (secondary N) is 1. The number of nitro groups is 1.